The van der Waals surface area contributed by atoms with E-state index in [1.54, 1.807) is 6.07 Å². The van der Waals surface area contributed by atoms with E-state index in [2.05, 4.69) is 4.74 Å². The first-order valence-corrected chi connectivity index (χ1v) is 5.80. The third-order valence-corrected chi connectivity index (χ3v) is 2.75. The van der Waals surface area contributed by atoms with Crippen molar-refractivity contribution < 1.29 is 27.8 Å². The van der Waals surface area contributed by atoms with Crippen molar-refractivity contribution in [3.05, 3.63) is 41.7 Å². The van der Waals surface area contributed by atoms with Gasteiger partial charge in [0.15, 0.2) is 0 Å². The van der Waals surface area contributed by atoms with Crippen molar-refractivity contribution in [2.75, 3.05) is 6.61 Å². The van der Waals surface area contributed by atoms with Gasteiger partial charge in [-0.05, 0) is 24.5 Å². The molecule has 0 fully saturated rings. The van der Waals surface area contributed by atoms with Gasteiger partial charge in [0.1, 0.15) is 11.9 Å². The highest BCUT2D eigenvalue weighted by atomic mass is 19.4. The van der Waals surface area contributed by atoms with E-state index in [4.69, 9.17) is 4.74 Å². The molecule has 1 N–H and O–H groups in total. The fourth-order valence-corrected chi connectivity index (χ4v) is 1.91. The van der Waals surface area contributed by atoms with Crippen LogP contribution in [0.15, 0.2) is 36.1 Å². The summed E-state index contributed by atoms with van der Waals surface area (Å²) in [7, 11) is 0. The summed E-state index contributed by atoms with van der Waals surface area (Å²) in [5, 5.41) is 10.1. The molecule has 0 radical (unpaired) electrons. The van der Waals surface area contributed by atoms with Crippen LogP contribution in [0, 0.1) is 0 Å². The van der Waals surface area contributed by atoms with Gasteiger partial charge in [-0.3, -0.25) is 0 Å². The standard InChI is InChI=1S/C13H13F3O3/c14-13(15,16)19-11-6-2-1-5-10(11)12(17)9-4-3-7-18-8-9/h1-2,5-6,8,12,17H,3-4,7H2. The number of aliphatic hydroxyl groups excluding tert-OH is 1. The van der Waals surface area contributed by atoms with E-state index < -0.39 is 18.2 Å². The van der Waals surface area contributed by atoms with Crippen LogP contribution in [0.2, 0.25) is 0 Å². The Kier molecular flexibility index (Phi) is 3.99. The Morgan fingerprint density at radius 2 is 2.00 bits per heavy atom. The SMILES string of the molecule is OC(C1=COCCC1)c1ccccc1OC(F)(F)F. The van der Waals surface area contributed by atoms with Crippen molar-refractivity contribution in [2.45, 2.75) is 25.3 Å². The number of para-hydroxylation sites is 1. The van der Waals surface area contributed by atoms with Crippen LogP contribution in [-0.2, 0) is 4.74 Å². The van der Waals surface area contributed by atoms with Crippen LogP contribution in [0.3, 0.4) is 0 Å². The summed E-state index contributed by atoms with van der Waals surface area (Å²) >= 11 is 0. The molecule has 19 heavy (non-hydrogen) atoms. The van der Waals surface area contributed by atoms with Gasteiger partial charge in [0.2, 0.25) is 0 Å². The number of alkyl halides is 3. The molecule has 104 valence electrons. The first-order valence-electron chi connectivity index (χ1n) is 5.80. The second-order valence-electron chi connectivity index (χ2n) is 4.16. The number of halogens is 3. The van der Waals surface area contributed by atoms with Crippen LogP contribution in [0.25, 0.3) is 0 Å². The van der Waals surface area contributed by atoms with E-state index in [1.165, 1.54) is 24.5 Å². The molecule has 1 aliphatic rings. The number of hydrogen-bond donors (Lipinski definition) is 1. The molecule has 1 unspecified atom stereocenters. The Balaban J connectivity index is 2.26. The number of hydrogen-bond acceptors (Lipinski definition) is 3. The maximum Gasteiger partial charge on any atom is 0.573 e. The third-order valence-electron chi connectivity index (χ3n) is 2.75. The van der Waals surface area contributed by atoms with Crippen molar-refractivity contribution in [3.8, 4) is 5.75 Å². The van der Waals surface area contributed by atoms with E-state index in [0.717, 1.165) is 6.42 Å². The van der Waals surface area contributed by atoms with Gasteiger partial charge in [0.05, 0.1) is 12.9 Å². The summed E-state index contributed by atoms with van der Waals surface area (Å²) < 4.78 is 45.8. The van der Waals surface area contributed by atoms with Crippen molar-refractivity contribution in [2.24, 2.45) is 0 Å². The van der Waals surface area contributed by atoms with Crippen molar-refractivity contribution in [1.29, 1.82) is 0 Å². The first-order chi connectivity index (χ1) is 8.97. The highest BCUT2D eigenvalue weighted by Gasteiger charge is 2.33. The lowest BCUT2D eigenvalue weighted by atomic mass is 9.97. The number of rotatable bonds is 3. The molecule has 1 aliphatic heterocycles. The maximum atomic E-state index is 12.3. The van der Waals surface area contributed by atoms with Gasteiger partial charge in [-0.25, -0.2) is 0 Å². The highest BCUT2D eigenvalue weighted by Crippen LogP contribution is 2.35. The summed E-state index contributed by atoms with van der Waals surface area (Å²) in [5.41, 5.74) is 0.626. The van der Waals surface area contributed by atoms with Gasteiger partial charge < -0.3 is 14.6 Å². The third kappa shape index (κ3) is 3.64. The lowest BCUT2D eigenvalue weighted by Crippen LogP contribution is -2.19. The van der Waals surface area contributed by atoms with E-state index in [9.17, 15) is 18.3 Å². The monoisotopic (exact) mass is 274 g/mol. The minimum atomic E-state index is -4.78. The van der Waals surface area contributed by atoms with E-state index >= 15 is 0 Å². The minimum absolute atomic E-state index is 0.0802. The maximum absolute atomic E-state index is 12.3. The fraction of sp³-hybridized carbons (Fsp3) is 0.385. The molecule has 0 bridgehead atoms. The summed E-state index contributed by atoms with van der Waals surface area (Å²) in [6.45, 7) is 0.552. The Hall–Kier alpha value is -1.69. The smallest absolute Gasteiger partial charge is 0.501 e. The molecule has 0 saturated heterocycles. The molecule has 0 spiro atoms. The van der Waals surface area contributed by atoms with Gasteiger partial charge in [-0.1, -0.05) is 18.2 Å². The summed E-state index contributed by atoms with van der Waals surface area (Å²) in [6.07, 6.45) is -3.22. The molecular weight excluding hydrogens is 261 g/mol. The first kappa shape index (κ1) is 13.7. The minimum Gasteiger partial charge on any atom is -0.501 e. The second kappa shape index (κ2) is 5.52. The Morgan fingerprint density at radius 3 is 2.63 bits per heavy atom. The molecule has 0 saturated carbocycles. The molecule has 0 amide bonds. The predicted molar refractivity (Wildman–Crippen MR) is 61.4 cm³/mol. The Labute approximate surface area is 108 Å². The molecule has 1 aromatic carbocycles. The van der Waals surface area contributed by atoms with Crippen LogP contribution < -0.4 is 4.74 Å². The molecule has 1 atom stereocenters. The van der Waals surface area contributed by atoms with Gasteiger partial charge >= 0.3 is 6.36 Å². The van der Waals surface area contributed by atoms with E-state index in [-0.39, 0.29) is 5.56 Å². The average Bonchev–Trinajstić information content (AvgIpc) is 2.38. The van der Waals surface area contributed by atoms with Gasteiger partial charge in [-0.2, -0.15) is 0 Å². The molecule has 0 aliphatic carbocycles. The van der Waals surface area contributed by atoms with Gasteiger partial charge in [-0.15, -0.1) is 13.2 Å². The molecule has 0 aromatic heterocycles. The second-order valence-corrected chi connectivity index (χ2v) is 4.16. The predicted octanol–water partition coefficient (Wildman–Crippen LogP) is 3.31. The molecule has 1 aromatic rings. The summed E-state index contributed by atoms with van der Waals surface area (Å²) in [5.74, 6) is -0.394. The number of ether oxygens (including phenoxy) is 2. The average molecular weight is 274 g/mol. The Bertz CT molecular complexity index is 468. The zero-order valence-electron chi connectivity index (χ0n) is 9.98. The normalized spacial score (nSPS) is 17.4. The van der Waals surface area contributed by atoms with Crippen LogP contribution in [0.4, 0.5) is 13.2 Å². The molecule has 6 heteroatoms. The van der Waals surface area contributed by atoms with Gasteiger partial charge in [0, 0.05) is 5.56 Å². The van der Waals surface area contributed by atoms with Crippen LogP contribution in [0.1, 0.15) is 24.5 Å². The van der Waals surface area contributed by atoms with Crippen LogP contribution >= 0.6 is 0 Å². The number of benzene rings is 1. The molecule has 1 heterocycles. The van der Waals surface area contributed by atoms with E-state index in [0.29, 0.717) is 18.6 Å². The molecule has 3 nitrogen and oxygen atoms in total. The quantitative estimate of drug-likeness (QED) is 0.919. The lowest BCUT2D eigenvalue weighted by Gasteiger charge is -2.21. The zero-order valence-corrected chi connectivity index (χ0v) is 9.98. The largest absolute Gasteiger partial charge is 0.573 e. The fourth-order valence-electron chi connectivity index (χ4n) is 1.91. The molecule has 2 rings (SSSR count). The number of aliphatic hydroxyl groups is 1. The summed E-state index contributed by atoms with van der Waals surface area (Å²) in [4.78, 5) is 0. The van der Waals surface area contributed by atoms with E-state index in [1.807, 2.05) is 0 Å². The highest BCUT2D eigenvalue weighted by molar-refractivity contribution is 5.39. The zero-order chi connectivity index (χ0) is 13.9. The molecular formula is C13H13F3O3. The van der Waals surface area contributed by atoms with Crippen LogP contribution in [0.5, 0.6) is 5.75 Å². The van der Waals surface area contributed by atoms with Gasteiger partial charge in [0.25, 0.3) is 0 Å². The van der Waals surface area contributed by atoms with Crippen LogP contribution in [-0.4, -0.2) is 18.1 Å². The Morgan fingerprint density at radius 1 is 1.26 bits per heavy atom. The lowest BCUT2D eigenvalue weighted by molar-refractivity contribution is -0.275. The topological polar surface area (TPSA) is 38.7 Å². The van der Waals surface area contributed by atoms with Crippen molar-refractivity contribution in [1.82, 2.24) is 0 Å². The van der Waals surface area contributed by atoms with Crippen molar-refractivity contribution in [3.63, 3.8) is 0 Å². The summed E-state index contributed by atoms with van der Waals surface area (Å²) in [6, 6.07) is 5.55. The van der Waals surface area contributed by atoms with Crippen molar-refractivity contribution >= 4 is 0 Å².